The highest BCUT2D eigenvalue weighted by atomic mass is 16.6. The Bertz CT molecular complexity index is 1430. The first kappa shape index (κ1) is 20.7. The normalized spacial score (nSPS) is 19.8. The van der Waals surface area contributed by atoms with Crippen LogP contribution in [0.3, 0.4) is 0 Å². The number of benzene rings is 2. The Hall–Kier alpha value is -3.66. The fourth-order valence-electron chi connectivity index (χ4n) is 5.67. The molecule has 2 fully saturated rings. The van der Waals surface area contributed by atoms with E-state index < -0.39 is 0 Å². The van der Waals surface area contributed by atoms with Crippen LogP contribution in [-0.2, 0) is 0 Å². The molecule has 7 rings (SSSR count). The molecule has 4 aromatic rings. The first-order chi connectivity index (χ1) is 17.3. The maximum Gasteiger partial charge on any atom is 0.326 e. The second kappa shape index (κ2) is 8.23. The van der Waals surface area contributed by atoms with Crippen molar-refractivity contribution in [2.45, 2.75) is 37.8 Å². The van der Waals surface area contributed by atoms with Crippen LogP contribution in [0.25, 0.3) is 16.7 Å². The molecule has 1 saturated carbocycles. The van der Waals surface area contributed by atoms with E-state index in [1.807, 2.05) is 51.7 Å². The summed E-state index contributed by atoms with van der Waals surface area (Å²) in [4.78, 5) is 18.2. The number of nitrogens with one attached hydrogen (secondary N) is 1. The Morgan fingerprint density at radius 3 is 2.60 bits per heavy atom. The monoisotopic (exact) mass is 473 g/mol. The molecule has 1 atom stereocenters. The molecule has 10 heteroatoms. The number of hydrogen-bond donors (Lipinski definition) is 1. The molecule has 0 radical (unpaired) electrons. The Kier molecular flexibility index (Phi) is 4.86. The van der Waals surface area contributed by atoms with E-state index in [4.69, 9.17) is 9.47 Å². The highest BCUT2D eigenvalue weighted by Crippen LogP contribution is 2.46. The molecule has 0 bridgehead atoms. The van der Waals surface area contributed by atoms with Crippen LogP contribution in [-0.4, -0.2) is 61.0 Å². The van der Waals surface area contributed by atoms with Gasteiger partial charge < -0.3 is 14.5 Å². The molecule has 3 aliphatic rings. The molecule has 1 saturated heterocycles. The summed E-state index contributed by atoms with van der Waals surface area (Å²) in [6.45, 7) is 2.89. The molecule has 1 aliphatic carbocycles. The lowest BCUT2D eigenvalue weighted by Crippen LogP contribution is -2.40. The largest absolute Gasteiger partial charge is 0.486 e. The Morgan fingerprint density at radius 2 is 1.77 bits per heavy atom. The van der Waals surface area contributed by atoms with Crippen LogP contribution >= 0.6 is 0 Å². The summed E-state index contributed by atoms with van der Waals surface area (Å²) in [6, 6.07) is 14.1. The molecule has 2 aliphatic heterocycles. The number of rotatable bonds is 5. The number of likely N-dealkylation sites (tertiary alicyclic amines) is 1. The lowest BCUT2D eigenvalue weighted by atomic mass is 10.00. The maximum absolute atomic E-state index is 12.7. The summed E-state index contributed by atoms with van der Waals surface area (Å²) in [7, 11) is 0. The number of imidazole rings is 1. The van der Waals surface area contributed by atoms with Crippen LogP contribution in [0, 0.1) is 5.92 Å². The van der Waals surface area contributed by atoms with Crippen LogP contribution < -0.4 is 15.2 Å². The summed E-state index contributed by atoms with van der Waals surface area (Å²) in [5.74, 6) is 2.89. The van der Waals surface area contributed by atoms with Crippen molar-refractivity contribution >= 4 is 11.0 Å². The van der Waals surface area contributed by atoms with Crippen molar-refractivity contribution in [3.05, 3.63) is 58.8 Å². The molecule has 2 aromatic carbocycles. The lowest BCUT2D eigenvalue weighted by Gasteiger charge is -2.37. The number of hydrogen-bond acceptors (Lipinski definition) is 7. The predicted molar refractivity (Wildman–Crippen MR) is 128 cm³/mol. The van der Waals surface area contributed by atoms with Gasteiger partial charge in [-0.3, -0.25) is 9.47 Å². The molecule has 10 nitrogen and oxygen atoms in total. The second-order valence-corrected chi connectivity index (χ2v) is 9.64. The fraction of sp³-hybridized carbons (Fsp3) is 0.440. The number of piperidine rings is 1. The van der Waals surface area contributed by atoms with E-state index in [1.165, 1.54) is 12.8 Å². The third-order valence-electron chi connectivity index (χ3n) is 7.48. The molecule has 35 heavy (non-hydrogen) atoms. The number of aromatic amines is 1. The van der Waals surface area contributed by atoms with Crippen LogP contribution in [0.2, 0.25) is 0 Å². The summed E-state index contributed by atoms with van der Waals surface area (Å²) in [5, 5.41) is 12.9. The number of ether oxygens (including phenoxy) is 2. The van der Waals surface area contributed by atoms with E-state index in [-0.39, 0.29) is 17.8 Å². The number of aromatic nitrogens is 6. The van der Waals surface area contributed by atoms with Crippen molar-refractivity contribution in [2.75, 3.05) is 26.3 Å². The van der Waals surface area contributed by atoms with E-state index >= 15 is 0 Å². The standard InChI is InChI=1S/C25H27N7O3/c33-25-26-19-3-1-2-4-20(19)31(25)17-9-11-30(12-10-17)23(16-5-6-16)24-27-28-29-32(24)18-7-8-21-22(15-18)35-14-13-34-21/h1-4,7-8,15-17,23H,5-6,9-14H2,(H,26,33). The molecule has 1 N–H and O–H groups in total. The maximum atomic E-state index is 12.7. The number of tetrazole rings is 1. The van der Waals surface area contributed by atoms with Crippen LogP contribution in [0.15, 0.2) is 47.3 Å². The van der Waals surface area contributed by atoms with Gasteiger partial charge in [-0.05, 0) is 66.3 Å². The van der Waals surface area contributed by atoms with Crippen molar-refractivity contribution < 1.29 is 9.47 Å². The number of para-hydroxylation sites is 2. The number of fused-ring (bicyclic) bond motifs is 2. The summed E-state index contributed by atoms with van der Waals surface area (Å²) in [6.07, 6.45) is 4.19. The van der Waals surface area contributed by atoms with Crippen LogP contribution in [0.1, 0.15) is 43.6 Å². The highest BCUT2D eigenvalue weighted by Gasteiger charge is 2.41. The minimum Gasteiger partial charge on any atom is -0.486 e. The van der Waals surface area contributed by atoms with Gasteiger partial charge >= 0.3 is 5.69 Å². The van der Waals surface area contributed by atoms with E-state index in [0.29, 0.717) is 19.1 Å². The van der Waals surface area contributed by atoms with Gasteiger partial charge in [0.1, 0.15) is 13.2 Å². The predicted octanol–water partition coefficient (Wildman–Crippen LogP) is 2.86. The Morgan fingerprint density at radius 1 is 0.971 bits per heavy atom. The summed E-state index contributed by atoms with van der Waals surface area (Å²) < 4.78 is 15.2. The quantitative estimate of drug-likeness (QED) is 0.475. The minimum atomic E-state index is -0.0223. The number of H-pyrrole nitrogens is 1. The smallest absolute Gasteiger partial charge is 0.326 e. The summed E-state index contributed by atoms with van der Waals surface area (Å²) in [5.41, 5.74) is 2.73. The van der Waals surface area contributed by atoms with Gasteiger partial charge in [-0.2, -0.15) is 4.68 Å². The molecular weight excluding hydrogens is 446 g/mol. The van der Waals surface area contributed by atoms with Crippen LogP contribution in [0.4, 0.5) is 0 Å². The van der Waals surface area contributed by atoms with Crippen molar-refractivity contribution in [3.63, 3.8) is 0 Å². The molecule has 4 heterocycles. The van der Waals surface area contributed by atoms with Gasteiger partial charge in [-0.1, -0.05) is 12.1 Å². The average Bonchev–Trinajstić information content (AvgIpc) is 3.50. The topological polar surface area (TPSA) is 103 Å². The Labute approximate surface area is 201 Å². The van der Waals surface area contributed by atoms with Gasteiger partial charge in [0.2, 0.25) is 0 Å². The van der Waals surface area contributed by atoms with E-state index in [2.05, 4.69) is 25.4 Å². The van der Waals surface area contributed by atoms with Crippen molar-refractivity contribution in [2.24, 2.45) is 5.92 Å². The first-order valence-corrected chi connectivity index (χ1v) is 12.4. The zero-order chi connectivity index (χ0) is 23.4. The third-order valence-corrected chi connectivity index (χ3v) is 7.48. The van der Waals surface area contributed by atoms with Crippen molar-refractivity contribution in [3.8, 4) is 17.2 Å². The highest BCUT2D eigenvalue weighted by molar-refractivity contribution is 5.75. The zero-order valence-electron chi connectivity index (χ0n) is 19.3. The van der Waals surface area contributed by atoms with Gasteiger partial charge in [-0.15, -0.1) is 5.10 Å². The fourth-order valence-corrected chi connectivity index (χ4v) is 5.67. The zero-order valence-corrected chi connectivity index (χ0v) is 19.3. The van der Waals surface area contributed by atoms with Crippen LogP contribution in [0.5, 0.6) is 11.5 Å². The van der Waals surface area contributed by atoms with Crippen molar-refractivity contribution in [1.29, 1.82) is 0 Å². The van der Waals surface area contributed by atoms with Crippen molar-refractivity contribution in [1.82, 2.24) is 34.7 Å². The SMILES string of the molecule is O=c1[nH]c2ccccc2n1C1CCN(C(c2nnnn2-c2ccc3c(c2)OCCO3)C2CC2)CC1. The Balaban J connectivity index is 1.15. The molecular formula is C25H27N7O3. The van der Waals surface area contributed by atoms with Gasteiger partial charge in [0, 0.05) is 25.2 Å². The number of nitrogens with zero attached hydrogens (tertiary/aromatic N) is 6. The van der Waals surface area contributed by atoms with E-state index in [1.54, 1.807) is 0 Å². The molecule has 0 amide bonds. The minimum absolute atomic E-state index is 0.0223. The molecule has 1 unspecified atom stereocenters. The third kappa shape index (κ3) is 3.59. The summed E-state index contributed by atoms with van der Waals surface area (Å²) >= 11 is 0. The first-order valence-electron chi connectivity index (χ1n) is 12.4. The molecule has 180 valence electrons. The lowest BCUT2D eigenvalue weighted by molar-refractivity contribution is 0.114. The molecule has 2 aromatic heterocycles. The van der Waals surface area contributed by atoms with Gasteiger partial charge in [0.15, 0.2) is 17.3 Å². The van der Waals surface area contributed by atoms with Gasteiger partial charge in [0.05, 0.1) is 22.8 Å². The van der Waals surface area contributed by atoms with Gasteiger partial charge in [-0.25, -0.2) is 4.79 Å². The molecule has 0 spiro atoms. The van der Waals surface area contributed by atoms with E-state index in [0.717, 1.165) is 60.0 Å². The second-order valence-electron chi connectivity index (χ2n) is 9.64. The van der Waals surface area contributed by atoms with Gasteiger partial charge in [0.25, 0.3) is 0 Å². The van der Waals surface area contributed by atoms with E-state index in [9.17, 15) is 4.79 Å². The average molecular weight is 474 g/mol.